The molecule has 2 aliphatic rings. The second-order valence-corrected chi connectivity index (χ2v) is 8.15. The van der Waals surface area contributed by atoms with Gasteiger partial charge in [-0.2, -0.15) is 5.10 Å². The number of carbonyl (C=O) groups is 2. The minimum absolute atomic E-state index is 0.0877. The van der Waals surface area contributed by atoms with Crippen molar-refractivity contribution in [1.82, 2.24) is 20.0 Å². The number of aromatic nitrogens is 2. The number of piperidine rings is 1. The van der Waals surface area contributed by atoms with Gasteiger partial charge in [0.1, 0.15) is 11.5 Å². The number of benzene rings is 2. The molecule has 0 spiro atoms. The number of rotatable bonds is 4. The molecule has 0 radical (unpaired) electrons. The Morgan fingerprint density at radius 3 is 2.84 bits per heavy atom. The Hall–Kier alpha value is -3.55. The number of likely N-dealkylation sites (tertiary alicyclic amines) is 1. The molecular formula is C23H24N4O4. The van der Waals surface area contributed by atoms with Crippen molar-refractivity contribution in [3.63, 3.8) is 0 Å². The molecule has 0 bridgehead atoms. The fraction of sp³-hybridized carbons (Fsp3) is 0.348. The Morgan fingerprint density at radius 1 is 1.19 bits per heavy atom. The molecule has 8 heteroatoms. The first-order valence-electron chi connectivity index (χ1n) is 10.5. The molecule has 2 aliphatic heterocycles. The van der Waals surface area contributed by atoms with Crippen molar-refractivity contribution in [3.8, 4) is 11.5 Å². The van der Waals surface area contributed by atoms with Gasteiger partial charge in [-0.3, -0.25) is 14.7 Å². The lowest BCUT2D eigenvalue weighted by molar-refractivity contribution is -0.133. The number of nitrogens with zero attached hydrogens (tertiary/aromatic N) is 3. The Kier molecular flexibility index (Phi) is 4.77. The van der Waals surface area contributed by atoms with Crippen LogP contribution in [0.3, 0.4) is 0 Å². The van der Waals surface area contributed by atoms with E-state index >= 15 is 0 Å². The molecule has 2 amide bonds. The first kappa shape index (κ1) is 19.4. The van der Waals surface area contributed by atoms with Crippen LogP contribution in [-0.2, 0) is 24.4 Å². The van der Waals surface area contributed by atoms with Crippen molar-refractivity contribution < 1.29 is 19.4 Å². The lowest BCUT2D eigenvalue weighted by Crippen LogP contribution is -2.34. The van der Waals surface area contributed by atoms with E-state index in [1.807, 2.05) is 18.2 Å². The van der Waals surface area contributed by atoms with E-state index in [9.17, 15) is 14.7 Å². The summed E-state index contributed by atoms with van der Waals surface area (Å²) in [5.74, 6) is 0.557. The van der Waals surface area contributed by atoms with Crippen LogP contribution in [-0.4, -0.2) is 50.6 Å². The van der Waals surface area contributed by atoms with Crippen LogP contribution in [0.25, 0.3) is 10.9 Å². The van der Waals surface area contributed by atoms with E-state index in [2.05, 4.69) is 10.2 Å². The van der Waals surface area contributed by atoms with Gasteiger partial charge in [0.25, 0.3) is 5.91 Å². The van der Waals surface area contributed by atoms with Gasteiger partial charge >= 0.3 is 0 Å². The van der Waals surface area contributed by atoms with Crippen molar-refractivity contribution in [2.75, 3.05) is 13.7 Å². The molecule has 0 atom stereocenters. The van der Waals surface area contributed by atoms with Gasteiger partial charge in [-0.1, -0.05) is 6.07 Å². The van der Waals surface area contributed by atoms with Gasteiger partial charge in [0.2, 0.25) is 5.91 Å². The average molecular weight is 420 g/mol. The summed E-state index contributed by atoms with van der Waals surface area (Å²) in [4.78, 5) is 29.0. The standard InChI is InChI=1S/C23H24N4O4/c1-31-16-6-5-14-11-27(12-15(14)8-16)23(30)18-9-17-19(10-21(18)28)24-25-20(17)13-26-7-3-2-4-22(26)29/h5-6,8-10,28H,2-4,7,11-13H2,1H3,(H,24,25). The maximum atomic E-state index is 13.2. The number of ether oxygens (including phenoxy) is 1. The van der Waals surface area contributed by atoms with Gasteiger partial charge in [0.15, 0.2) is 0 Å². The molecule has 3 heterocycles. The van der Waals surface area contributed by atoms with Gasteiger partial charge in [-0.05, 0) is 42.2 Å². The maximum Gasteiger partial charge on any atom is 0.258 e. The lowest BCUT2D eigenvalue weighted by Gasteiger charge is -2.26. The third kappa shape index (κ3) is 3.48. The number of hydrogen-bond acceptors (Lipinski definition) is 5. The number of aromatic amines is 1. The maximum absolute atomic E-state index is 13.2. The highest BCUT2D eigenvalue weighted by Crippen LogP contribution is 2.32. The monoisotopic (exact) mass is 420 g/mol. The van der Waals surface area contributed by atoms with Gasteiger partial charge in [-0.15, -0.1) is 0 Å². The highest BCUT2D eigenvalue weighted by Gasteiger charge is 2.28. The molecule has 0 unspecified atom stereocenters. The molecule has 3 aromatic rings. The van der Waals surface area contributed by atoms with E-state index < -0.39 is 0 Å². The molecule has 0 aliphatic carbocycles. The minimum atomic E-state index is -0.240. The van der Waals surface area contributed by atoms with Crippen LogP contribution in [0.15, 0.2) is 30.3 Å². The second-order valence-electron chi connectivity index (χ2n) is 8.15. The average Bonchev–Trinajstić information content (AvgIpc) is 3.37. The second kappa shape index (κ2) is 7.61. The third-order valence-corrected chi connectivity index (χ3v) is 6.17. The van der Waals surface area contributed by atoms with E-state index in [0.717, 1.165) is 35.1 Å². The Labute approximate surface area is 179 Å². The van der Waals surface area contributed by atoms with Gasteiger partial charge in [-0.25, -0.2) is 0 Å². The van der Waals surface area contributed by atoms with E-state index in [4.69, 9.17) is 4.74 Å². The number of methoxy groups -OCH3 is 1. The normalized spacial score (nSPS) is 16.1. The number of phenols is 1. The number of fused-ring (bicyclic) bond motifs is 2. The highest BCUT2D eigenvalue weighted by atomic mass is 16.5. The smallest absolute Gasteiger partial charge is 0.258 e. The summed E-state index contributed by atoms with van der Waals surface area (Å²) in [6.45, 7) is 2.05. The zero-order valence-corrected chi connectivity index (χ0v) is 17.4. The summed E-state index contributed by atoms with van der Waals surface area (Å²) in [5, 5.41) is 18.5. The number of H-pyrrole nitrogens is 1. The summed E-state index contributed by atoms with van der Waals surface area (Å²) >= 11 is 0. The molecule has 0 saturated carbocycles. The van der Waals surface area contributed by atoms with E-state index in [1.54, 1.807) is 23.0 Å². The van der Waals surface area contributed by atoms with Crippen LogP contribution in [0.5, 0.6) is 11.5 Å². The number of carbonyl (C=O) groups excluding carboxylic acids is 2. The predicted octanol–water partition coefficient (Wildman–Crippen LogP) is 2.95. The quantitative estimate of drug-likeness (QED) is 0.676. The fourth-order valence-electron chi connectivity index (χ4n) is 4.42. The van der Waals surface area contributed by atoms with Crippen LogP contribution in [0, 0.1) is 0 Å². The van der Waals surface area contributed by atoms with Crippen molar-refractivity contribution in [2.45, 2.75) is 38.9 Å². The molecule has 5 rings (SSSR count). The van der Waals surface area contributed by atoms with Gasteiger partial charge < -0.3 is 19.6 Å². The largest absolute Gasteiger partial charge is 0.507 e. The van der Waals surface area contributed by atoms with Gasteiger partial charge in [0, 0.05) is 37.5 Å². The molecule has 31 heavy (non-hydrogen) atoms. The van der Waals surface area contributed by atoms with Crippen LogP contribution < -0.4 is 4.74 Å². The van der Waals surface area contributed by atoms with E-state index in [1.165, 1.54) is 6.07 Å². The van der Waals surface area contributed by atoms with E-state index in [0.29, 0.717) is 43.8 Å². The Balaban J connectivity index is 1.42. The molecule has 1 fully saturated rings. The molecule has 8 nitrogen and oxygen atoms in total. The van der Waals surface area contributed by atoms with Crippen LogP contribution in [0.1, 0.15) is 46.4 Å². The van der Waals surface area contributed by atoms with Crippen LogP contribution in [0.2, 0.25) is 0 Å². The van der Waals surface area contributed by atoms with Crippen LogP contribution in [0.4, 0.5) is 0 Å². The Bertz CT molecular complexity index is 1190. The lowest BCUT2D eigenvalue weighted by atomic mass is 10.1. The third-order valence-electron chi connectivity index (χ3n) is 6.17. The number of phenolic OH excluding ortho intramolecular Hbond substituents is 1. The zero-order chi connectivity index (χ0) is 21.5. The number of amides is 2. The number of aromatic hydroxyl groups is 1. The zero-order valence-electron chi connectivity index (χ0n) is 17.4. The fourth-order valence-corrected chi connectivity index (χ4v) is 4.42. The summed E-state index contributed by atoms with van der Waals surface area (Å²) in [6, 6.07) is 9.01. The molecule has 1 saturated heterocycles. The molecule has 2 N–H and O–H groups in total. The highest BCUT2D eigenvalue weighted by molar-refractivity contribution is 6.01. The van der Waals surface area contributed by atoms with Crippen molar-refractivity contribution >= 4 is 22.7 Å². The summed E-state index contributed by atoms with van der Waals surface area (Å²) in [5.41, 5.74) is 3.69. The molecule has 2 aromatic carbocycles. The first-order valence-corrected chi connectivity index (χ1v) is 10.5. The Morgan fingerprint density at radius 2 is 2.03 bits per heavy atom. The number of nitrogens with one attached hydrogen (secondary N) is 1. The van der Waals surface area contributed by atoms with Crippen molar-refractivity contribution in [1.29, 1.82) is 0 Å². The van der Waals surface area contributed by atoms with Crippen molar-refractivity contribution in [3.05, 3.63) is 52.7 Å². The minimum Gasteiger partial charge on any atom is -0.507 e. The molecule has 1 aromatic heterocycles. The molecule has 160 valence electrons. The number of hydrogen-bond donors (Lipinski definition) is 2. The van der Waals surface area contributed by atoms with Crippen molar-refractivity contribution in [2.24, 2.45) is 0 Å². The summed E-state index contributed by atoms with van der Waals surface area (Å²) < 4.78 is 5.28. The topological polar surface area (TPSA) is 98.8 Å². The predicted molar refractivity (Wildman–Crippen MR) is 114 cm³/mol. The summed E-state index contributed by atoms with van der Waals surface area (Å²) in [6.07, 6.45) is 2.47. The van der Waals surface area contributed by atoms with E-state index in [-0.39, 0.29) is 23.1 Å². The van der Waals surface area contributed by atoms with Gasteiger partial charge in [0.05, 0.1) is 30.4 Å². The first-order chi connectivity index (χ1) is 15.0. The molecular weight excluding hydrogens is 396 g/mol. The SMILES string of the molecule is COc1ccc2c(c1)CN(C(=O)c1cc3c(CN4CCCCC4=O)n[nH]c3cc1O)C2. The summed E-state index contributed by atoms with van der Waals surface area (Å²) in [7, 11) is 1.62. The van der Waals surface area contributed by atoms with Crippen LogP contribution >= 0.6 is 0 Å².